The highest BCUT2D eigenvalue weighted by Gasteiger charge is 2.26. The fraction of sp³-hybridized carbons (Fsp3) is 0.100. The Balaban J connectivity index is 0.000000414. The molecule has 0 saturated carbocycles. The number of hydrogen-bond acceptors (Lipinski definition) is 7. The monoisotopic (exact) mass is 480 g/mol. The van der Waals surface area contributed by atoms with Crippen LogP contribution in [0, 0.1) is 11.6 Å². The fourth-order valence-electron chi connectivity index (χ4n) is 2.47. The Morgan fingerprint density at radius 3 is 2.33 bits per heavy atom. The summed E-state index contributed by atoms with van der Waals surface area (Å²) in [5.74, 6) is -4.78. The first-order valence-corrected chi connectivity index (χ1v) is 10.5. The maximum absolute atomic E-state index is 14.2. The summed E-state index contributed by atoms with van der Waals surface area (Å²) in [5, 5.41) is 22.3. The van der Waals surface area contributed by atoms with E-state index < -0.39 is 33.4 Å². The number of nitrogens with zero attached hydrogens (tertiary/aromatic N) is 3. The average molecular weight is 480 g/mol. The molecule has 0 saturated heterocycles. The molecular weight excluding hydrogens is 462 g/mol. The topological polar surface area (TPSA) is 151 Å². The second-order valence-electron chi connectivity index (χ2n) is 6.19. The van der Waals surface area contributed by atoms with E-state index in [2.05, 4.69) is 15.4 Å². The highest BCUT2D eigenvalue weighted by Crippen LogP contribution is 2.26. The Labute approximate surface area is 186 Å². The number of carboxylic acid groups (broad SMARTS) is 2. The zero-order chi connectivity index (χ0) is 24.6. The molecule has 0 spiro atoms. The first-order chi connectivity index (χ1) is 15.6. The summed E-state index contributed by atoms with van der Waals surface area (Å²) < 4.78 is 54.5. The van der Waals surface area contributed by atoms with Crippen molar-refractivity contribution in [2.75, 3.05) is 7.05 Å². The van der Waals surface area contributed by atoms with Crippen molar-refractivity contribution in [3.05, 3.63) is 78.3 Å². The van der Waals surface area contributed by atoms with Gasteiger partial charge in [0.05, 0.1) is 10.6 Å². The number of rotatable bonds is 7. The van der Waals surface area contributed by atoms with Gasteiger partial charge in [0.15, 0.2) is 16.7 Å². The van der Waals surface area contributed by atoms with Crippen molar-refractivity contribution in [2.24, 2.45) is 0 Å². The van der Waals surface area contributed by atoms with Crippen molar-refractivity contribution in [3.8, 4) is 5.69 Å². The highest BCUT2D eigenvalue weighted by atomic mass is 32.2. The predicted octanol–water partition coefficient (Wildman–Crippen LogP) is 1.81. The molecule has 1 aromatic carbocycles. The van der Waals surface area contributed by atoms with Crippen LogP contribution in [0.1, 0.15) is 5.69 Å². The number of aliphatic carboxylic acids is 2. The molecule has 10 nitrogen and oxygen atoms in total. The lowest BCUT2D eigenvalue weighted by Gasteiger charge is -2.09. The van der Waals surface area contributed by atoms with E-state index in [1.54, 1.807) is 7.05 Å². The number of hydrogen-bond donors (Lipinski definition) is 3. The lowest BCUT2D eigenvalue weighted by atomic mass is 10.3. The van der Waals surface area contributed by atoms with Gasteiger partial charge < -0.3 is 15.5 Å². The Morgan fingerprint density at radius 1 is 1.12 bits per heavy atom. The molecule has 0 aliphatic heterocycles. The second kappa shape index (κ2) is 11.1. The SMILES string of the molecule is CNCc1cc(S(=O)(=O)c2cccnc2)n(-c2cccc(F)c2F)n1.O=C(O)C=CC(=O)O. The van der Waals surface area contributed by atoms with Crippen LogP contribution in [0.15, 0.2) is 70.9 Å². The van der Waals surface area contributed by atoms with E-state index >= 15 is 0 Å². The van der Waals surface area contributed by atoms with Crippen molar-refractivity contribution in [1.82, 2.24) is 20.1 Å². The number of nitrogens with one attached hydrogen (secondary N) is 1. The summed E-state index contributed by atoms with van der Waals surface area (Å²) in [6.07, 6.45) is 3.74. The van der Waals surface area contributed by atoms with Gasteiger partial charge in [-0.25, -0.2) is 31.5 Å². The number of sulfone groups is 1. The molecule has 0 atom stereocenters. The van der Waals surface area contributed by atoms with Crippen LogP contribution in [-0.4, -0.2) is 52.4 Å². The van der Waals surface area contributed by atoms with E-state index in [4.69, 9.17) is 10.2 Å². The molecule has 0 aliphatic carbocycles. The molecular formula is C20H18F2N4O6S. The van der Waals surface area contributed by atoms with E-state index in [0.29, 0.717) is 17.8 Å². The predicted molar refractivity (Wildman–Crippen MR) is 110 cm³/mol. The molecule has 0 amide bonds. The summed E-state index contributed by atoms with van der Waals surface area (Å²) in [4.78, 5) is 22.8. The number of aromatic nitrogens is 3. The summed E-state index contributed by atoms with van der Waals surface area (Å²) in [6.45, 7) is 0.263. The van der Waals surface area contributed by atoms with Gasteiger partial charge in [0.25, 0.3) is 0 Å². The third-order valence-corrected chi connectivity index (χ3v) is 5.54. The van der Waals surface area contributed by atoms with Crippen molar-refractivity contribution < 1.29 is 37.0 Å². The van der Waals surface area contributed by atoms with Crippen LogP contribution in [0.3, 0.4) is 0 Å². The molecule has 13 heteroatoms. The molecule has 0 bridgehead atoms. The van der Waals surface area contributed by atoms with E-state index in [0.717, 1.165) is 10.7 Å². The van der Waals surface area contributed by atoms with Gasteiger partial charge in [-0.2, -0.15) is 5.10 Å². The van der Waals surface area contributed by atoms with Gasteiger partial charge in [-0.05, 0) is 31.3 Å². The van der Waals surface area contributed by atoms with Crippen molar-refractivity contribution in [1.29, 1.82) is 0 Å². The lowest BCUT2D eigenvalue weighted by molar-refractivity contribution is -0.134. The molecule has 33 heavy (non-hydrogen) atoms. The van der Waals surface area contributed by atoms with Crippen LogP contribution in [0.2, 0.25) is 0 Å². The van der Waals surface area contributed by atoms with Crippen LogP contribution < -0.4 is 5.32 Å². The number of carboxylic acids is 2. The van der Waals surface area contributed by atoms with E-state index in [1.165, 1.54) is 42.7 Å². The van der Waals surface area contributed by atoms with Gasteiger partial charge in [-0.1, -0.05) is 6.07 Å². The molecule has 174 valence electrons. The van der Waals surface area contributed by atoms with Crippen LogP contribution >= 0.6 is 0 Å². The van der Waals surface area contributed by atoms with Crippen LogP contribution in [-0.2, 0) is 26.0 Å². The van der Waals surface area contributed by atoms with E-state index in [-0.39, 0.29) is 22.2 Å². The molecule has 0 aliphatic rings. The number of pyridine rings is 1. The van der Waals surface area contributed by atoms with Gasteiger partial charge in [-0.3, -0.25) is 4.98 Å². The lowest BCUT2D eigenvalue weighted by Crippen LogP contribution is -2.12. The fourth-order valence-corrected chi connectivity index (χ4v) is 3.82. The van der Waals surface area contributed by atoms with Crippen molar-refractivity contribution in [2.45, 2.75) is 16.5 Å². The highest BCUT2D eigenvalue weighted by molar-refractivity contribution is 7.91. The minimum Gasteiger partial charge on any atom is -0.478 e. The molecule has 2 heterocycles. The Hall–Kier alpha value is -3.97. The summed E-state index contributed by atoms with van der Waals surface area (Å²) in [7, 11) is -2.36. The molecule has 0 unspecified atom stereocenters. The standard InChI is InChI=1S/C16H14F2N4O2S.C4H4O4/c1-19-9-11-8-15(25(23,24)12-4-3-7-20-10-12)22(21-11)14-6-2-5-13(17)16(14)18;5-3(6)1-2-4(7)8/h2-8,10,19H,9H2,1H3;1-2H,(H,5,6)(H,7,8). The van der Waals surface area contributed by atoms with E-state index in [1.807, 2.05) is 0 Å². The largest absolute Gasteiger partial charge is 0.478 e. The molecule has 3 N–H and O–H groups in total. The molecule has 0 fully saturated rings. The summed E-state index contributed by atoms with van der Waals surface area (Å²) >= 11 is 0. The third-order valence-electron chi connectivity index (χ3n) is 3.83. The Kier molecular flexibility index (Phi) is 8.48. The van der Waals surface area contributed by atoms with Crippen LogP contribution in [0.4, 0.5) is 8.78 Å². The zero-order valence-electron chi connectivity index (χ0n) is 17.0. The maximum Gasteiger partial charge on any atom is 0.328 e. The number of halogens is 2. The molecule has 3 rings (SSSR count). The summed E-state index contributed by atoms with van der Waals surface area (Å²) in [5.41, 5.74) is 0.0819. The van der Waals surface area contributed by atoms with Gasteiger partial charge >= 0.3 is 11.9 Å². The van der Waals surface area contributed by atoms with Crippen molar-refractivity contribution >= 4 is 21.8 Å². The maximum atomic E-state index is 14.2. The minimum absolute atomic E-state index is 0.0658. The first kappa shape index (κ1) is 25.3. The normalized spacial score (nSPS) is 11.1. The van der Waals surface area contributed by atoms with Crippen molar-refractivity contribution in [3.63, 3.8) is 0 Å². The van der Waals surface area contributed by atoms with E-state index in [9.17, 15) is 26.8 Å². The minimum atomic E-state index is -4.02. The van der Waals surface area contributed by atoms with Gasteiger partial charge in [0.1, 0.15) is 5.69 Å². The quantitative estimate of drug-likeness (QED) is 0.430. The van der Waals surface area contributed by atoms with Gasteiger partial charge in [-0.15, -0.1) is 0 Å². The third kappa shape index (κ3) is 6.51. The van der Waals surface area contributed by atoms with Gasteiger partial charge in [0, 0.05) is 37.2 Å². The average Bonchev–Trinajstić information content (AvgIpc) is 3.20. The molecule has 3 aromatic rings. The number of carbonyl (C=O) groups is 2. The number of benzene rings is 1. The second-order valence-corrected chi connectivity index (χ2v) is 8.09. The van der Waals surface area contributed by atoms with Gasteiger partial charge in [0.2, 0.25) is 9.84 Å². The molecule has 2 aromatic heterocycles. The first-order valence-electron chi connectivity index (χ1n) is 9.05. The summed E-state index contributed by atoms with van der Waals surface area (Å²) in [6, 6.07) is 7.67. The Bertz CT molecular complexity index is 1260. The smallest absolute Gasteiger partial charge is 0.328 e. The molecule has 0 radical (unpaired) electrons. The van der Waals surface area contributed by atoms with Crippen LogP contribution in [0.25, 0.3) is 5.69 Å². The van der Waals surface area contributed by atoms with Crippen LogP contribution in [0.5, 0.6) is 0 Å². The zero-order valence-corrected chi connectivity index (χ0v) is 17.8. The Morgan fingerprint density at radius 2 is 1.79 bits per heavy atom.